The van der Waals surface area contributed by atoms with E-state index in [2.05, 4.69) is 24.7 Å². The van der Waals surface area contributed by atoms with Gasteiger partial charge in [0.15, 0.2) is 0 Å². The summed E-state index contributed by atoms with van der Waals surface area (Å²) in [6, 6.07) is 19.7. The molecule has 0 bridgehead atoms. The highest BCUT2D eigenvalue weighted by Crippen LogP contribution is 2.26. The summed E-state index contributed by atoms with van der Waals surface area (Å²) in [4.78, 5) is 20.0. The smallest absolute Gasteiger partial charge is 0.264 e. The van der Waals surface area contributed by atoms with Gasteiger partial charge in [-0.15, -0.1) is 0 Å². The molecule has 3 aromatic carbocycles. The number of carbonyl (C=O) groups excluding carboxylic acids is 1. The number of amides is 1. The van der Waals surface area contributed by atoms with Crippen molar-refractivity contribution in [2.75, 3.05) is 21.9 Å². The van der Waals surface area contributed by atoms with Crippen LogP contribution in [0, 0.1) is 0 Å². The van der Waals surface area contributed by atoms with Gasteiger partial charge in [-0.2, -0.15) is 0 Å². The molecule has 0 radical (unpaired) electrons. The van der Waals surface area contributed by atoms with E-state index in [4.69, 9.17) is 4.74 Å². The van der Waals surface area contributed by atoms with E-state index in [0.29, 0.717) is 22.7 Å². The lowest BCUT2D eigenvalue weighted by molar-refractivity contribution is -0.111. The number of anilines is 3. The van der Waals surface area contributed by atoms with Gasteiger partial charge in [0, 0.05) is 24.2 Å². The fourth-order valence-corrected chi connectivity index (χ4v) is 5.32. The van der Waals surface area contributed by atoms with Gasteiger partial charge in [0.25, 0.3) is 20.0 Å². The third kappa shape index (κ3) is 7.18. The first-order chi connectivity index (χ1) is 18.7. The molecule has 0 unspecified atom stereocenters. The zero-order valence-electron chi connectivity index (χ0n) is 20.5. The lowest BCUT2D eigenvalue weighted by Crippen LogP contribution is -2.15. The van der Waals surface area contributed by atoms with Crippen molar-refractivity contribution in [3.8, 4) is 5.75 Å². The van der Waals surface area contributed by atoms with E-state index in [1.165, 1.54) is 68.1 Å². The zero-order valence-corrected chi connectivity index (χ0v) is 22.1. The fraction of sp³-hybridized carbons (Fsp3) is 0.0385. The van der Waals surface area contributed by atoms with Gasteiger partial charge >= 0.3 is 0 Å². The van der Waals surface area contributed by atoms with Crippen LogP contribution in [-0.4, -0.2) is 39.8 Å². The Morgan fingerprint density at radius 1 is 0.769 bits per heavy atom. The quantitative estimate of drug-likeness (QED) is 0.246. The highest BCUT2D eigenvalue weighted by Gasteiger charge is 2.17. The first kappa shape index (κ1) is 27.3. The average Bonchev–Trinajstić information content (AvgIpc) is 2.93. The number of rotatable bonds is 10. The summed E-state index contributed by atoms with van der Waals surface area (Å²) in [5, 5.41) is 2.63. The first-order valence-electron chi connectivity index (χ1n) is 11.3. The second-order valence-electron chi connectivity index (χ2n) is 7.90. The van der Waals surface area contributed by atoms with Crippen LogP contribution in [0.3, 0.4) is 0 Å². The van der Waals surface area contributed by atoms with Gasteiger partial charge in [-0.1, -0.05) is 24.3 Å². The van der Waals surface area contributed by atoms with Crippen molar-refractivity contribution in [2.45, 2.75) is 9.79 Å². The number of benzene rings is 3. The Morgan fingerprint density at radius 2 is 1.36 bits per heavy atom. The maximum atomic E-state index is 12.7. The van der Waals surface area contributed by atoms with Crippen LogP contribution in [0.2, 0.25) is 0 Å². The molecule has 0 saturated carbocycles. The van der Waals surface area contributed by atoms with E-state index in [0.717, 1.165) is 0 Å². The van der Waals surface area contributed by atoms with Gasteiger partial charge in [-0.25, -0.2) is 31.5 Å². The molecule has 11 nitrogen and oxygen atoms in total. The number of para-hydroxylation sites is 2. The number of aromatic nitrogens is 2. The predicted molar refractivity (Wildman–Crippen MR) is 147 cm³/mol. The average molecular weight is 566 g/mol. The number of ether oxygens (including phenoxy) is 1. The second kappa shape index (κ2) is 11.8. The highest BCUT2D eigenvalue weighted by molar-refractivity contribution is 7.93. The minimum Gasteiger partial charge on any atom is -0.495 e. The van der Waals surface area contributed by atoms with Crippen LogP contribution in [0.25, 0.3) is 6.08 Å². The molecule has 0 aliphatic carbocycles. The lowest BCUT2D eigenvalue weighted by atomic mass is 10.2. The summed E-state index contributed by atoms with van der Waals surface area (Å²) >= 11 is 0. The van der Waals surface area contributed by atoms with E-state index in [1.54, 1.807) is 42.5 Å². The molecule has 1 aromatic heterocycles. The second-order valence-corrected chi connectivity index (χ2v) is 11.3. The molecule has 13 heteroatoms. The Balaban J connectivity index is 1.36. The molecular weight excluding hydrogens is 542 g/mol. The van der Waals surface area contributed by atoms with Crippen LogP contribution in [0.4, 0.5) is 17.3 Å². The van der Waals surface area contributed by atoms with Gasteiger partial charge in [-0.3, -0.25) is 9.52 Å². The minimum absolute atomic E-state index is 0.0289. The van der Waals surface area contributed by atoms with Crippen molar-refractivity contribution in [1.82, 2.24) is 9.97 Å². The molecule has 4 rings (SSSR count). The summed E-state index contributed by atoms with van der Waals surface area (Å²) in [6.07, 6.45) is 5.61. The Hall–Kier alpha value is -4.75. The van der Waals surface area contributed by atoms with Crippen LogP contribution in [0.5, 0.6) is 5.75 Å². The molecule has 0 aliphatic heterocycles. The fourth-order valence-electron chi connectivity index (χ4n) is 3.29. The van der Waals surface area contributed by atoms with E-state index in [-0.39, 0.29) is 15.7 Å². The molecule has 200 valence electrons. The zero-order chi connectivity index (χ0) is 27.9. The SMILES string of the molecule is COc1ccccc1NS(=O)(=O)c1ccc(C=CC(=O)Nc2ccc(S(=O)(=O)Nc3ncccn3)cc2)cc1. The van der Waals surface area contributed by atoms with Gasteiger partial charge in [0.05, 0.1) is 22.6 Å². The number of hydrogen-bond donors (Lipinski definition) is 3. The third-order valence-corrected chi connectivity index (χ3v) is 7.92. The molecule has 4 aromatic rings. The third-order valence-electron chi connectivity index (χ3n) is 5.19. The summed E-state index contributed by atoms with van der Waals surface area (Å²) in [5.74, 6) is -0.129. The number of nitrogens with zero attached hydrogens (tertiary/aromatic N) is 2. The molecule has 0 saturated heterocycles. The van der Waals surface area contributed by atoms with Crippen molar-refractivity contribution in [3.63, 3.8) is 0 Å². The Bertz CT molecular complexity index is 1690. The monoisotopic (exact) mass is 565 g/mol. The number of methoxy groups -OCH3 is 1. The molecule has 39 heavy (non-hydrogen) atoms. The summed E-state index contributed by atoms with van der Waals surface area (Å²) in [6.45, 7) is 0. The number of sulfonamides is 2. The maximum absolute atomic E-state index is 12.7. The van der Waals surface area contributed by atoms with E-state index in [1.807, 2.05) is 0 Å². The van der Waals surface area contributed by atoms with Crippen LogP contribution in [0.1, 0.15) is 5.56 Å². The standard InChI is InChI=1S/C26H23N5O6S2/c1-37-24-6-3-2-5-23(24)30-38(33,34)21-12-7-19(8-13-21)9-16-25(32)29-20-10-14-22(15-11-20)39(35,36)31-26-27-17-4-18-28-26/h2-18,30H,1H3,(H,29,32)(H,27,28,31). The first-order valence-corrected chi connectivity index (χ1v) is 14.3. The molecule has 0 fully saturated rings. The molecule has 1 amide bonds. The molecule has 0 spiro atoms. The van der Waals surface area contributed by atoms with Crippen molar-refractivity contribution in [3.05, 3.63) is 103 Å². The van der Waals surface area contributed by atoms with Crippen LogP contribution < -0.4 is 19.5 Å². The van der Waals surface area contributed by atoms with Crippen molar-refractivity contribution < 1.29 is 26.4 Å². The topological polar surface area (TPSA) is 156 Å². The van der Waals surface area contributed by atoms with Gasteiger partial charge < -0.3 is 10.1 Å². The van der Waals surface area contributed by atoms with Gasteiger partial charge in [0.2, 0.25) is 11.9 Å². The Labute approximate surface area is 225 Å². The molecular formula is C26H23N5O6S2. The number of hydrogen-bond acceptors (Lipinski definition) is 8. The lowest BCUT2D eigenvalue weighted by Gasteiger charge is -2.11. The normalized spacial score (nSPS) is 11.6. The highest BCUT2D eigenvalue weighted by atomic mass is 32.2. The molecule has 0 atom stereocenters. The van der Waals surface area contributed by atoms with Crippen LogP contribution >= 0.6 is 0 Å². The molecule has 3 N–H and O–H groups in total. The number of nitrogens with one attached hydrogen (secondary N) is 3. The van der Waals surface area contributed by atoms with E-state index in [9.17, 15) is 21.6 Å². The molecule has 1 heterocycles. The van der Waals surface area contributed by atoms with Crippen molar-refractivity contribution in [2.24, 2.45) is 0 Å². The van der Waals surface area contributed by atoms with E-state index < -0.39 is 26.0 Å². The minimum atomic E-state index is -3.90. The Kier molecular flexibility index (Phi) is 8.22. The predicted octanol–water partition coefficient (Wildman–Crippen LogP) is 3.74. The van der Waals surface area contributed by atoms with Gasteiger partial charge in [0.1, 0.15) is 5.75 Å². The maximum Gasteiger partial charge on any atom is 0.264 e. The van der Waals surface area contributed by atoms with Gasteiger partial charge in [-0.05, 0) is 66.2 Å². The number of carbonyl (C=O) groups is 1. The van der Waals surface area contributed by atoms with Crippen molar-refractivity contribution in [1.29, 1.82) is 0 Å². The largest absolute Gasteiger partial charge is 0.495 e. The van der Waals surface area contributed by atoms with Crippen LogP contribution in [0.15, 0.2) is 107 Å². The summed E-state index contributed by atoms with van der Waals surface area (Å²) < 4.78 is 60.3. The molecule has 0 aliphatic rings. The van der Waals surface area contributed by atoms with E-state index >= 15 is 0 Å². The summed E-state index contributed by atoms with van der Waals surface area (Å²) in [7, 11) is -6.30. The summed E-state index contributed by atoms with van der Waals surface area (Å²) in [5.41, 5.74) is 1.29. The van der Waals surface area contributed by atoms with Crippen molar-refractivity contribution >= 4 is 49.4 Å². The van der Waals surface area contributed by atoms with Crippen LogP contribution in [-0.2, 0) is 24.8 Å². The Morgan fingerprint density at radius 3 is 2.00 bits per heavy atom.